The van der Waals surface area contributed by atoms with Gasteiger partial charge in [0.15, 0.2) is 0 Å². The second-order valence-electron chi connectivity index (χ2n) is 6.72. The van der Waals surface area contributed by atoms with Gasteiger partial charge in [-0.25, -0.2) is 0 Å². The van der Waals surface area contributed by atoms with E-state index in [9.17, 15) is 9.90 Å². The van der Waals surface area contributed by atoms with Crippen molar-refractivity contribution in [2.75, 3.05) is 20.1 Å². The molecule has 0 aromatic heterocycles. The van der Waals surface area contributed by atoms with E-state index in [4.69, 9.17) is 0 Å². The van der Waals surface area contributed by atoms with Crippen LogP contribution in [0, 0.1) is 0 Å². The van der Waals surface area contributed by atoms with E-state index in [1.54, 1.807) is 0 Å². The second-order valence-corrected chi connectivity index (χ2v) is 7.64. The molecule has 1 aromatic rings. The van der Waals surface area contributed by atoms with Gasteiger partial charge in [-0.2, -0.15) is 0 Å². The summed E-state index contributed by atoms with van der Waals surface area (Å²) in [6.07, 6.45) is 4.86. The highest BCUT2D eigenvalue weighted by atomic mass is 79.9. The molecule has 1 heterocycles. The number of aliphatic hydroxyl groups excluding tert-OH is 1. The molecule has 2 aliphatic rings. The van der Waals surface area contributed by atoms with Crippen LogP contribution in [0.2, 0.25) is 0 Å². The minimum atomic E-state index is -0.327. The number of carbonyl (C=O) groups excluding carboxylic acids is 1. The largest absolute Gasteiger partial charge is 0.391 e. The van der Waals surface area contributed by atoms with Crippen LogP contribution in [0.15, 0.2) is 28.7 Å². The summed E-state index contributed by atoms with van der Waals surface area (Å²) < 4.78 is 0.972. The Labute approximate surface area is 146 Å². The Hall–Kier alpha value is -0.910. The summed E-state index contributed by atoms with van der Waals surface area (Å²) in [7, 11) is 1.89. The zero-order valence-electron chi connectivity index (χ0n) is 13.6. The zero-order chi connectivity index (χ0) is 16.4. The summed E-state index contributed by atoms with van der Waals surface area (Å²) in [6, 6.07) is 7.67. The maximum atomic E-state index is 12.8. The maximum Gasteiger partial charge on any atom is 0.253 e. The van der Waals surface area contributed by atoms with Gasteiger partial charge in [0.2, 0.25) is 0 Å². The fourth-order valence-corrected chi connectivity index (χ4v) is 4.29. The minimum Gasteiger partial charge on any atom is -0.391 e. The fraction of sp³-hybridized carbons (Fsp3) is 0.611. The Bertz CT molecular complexity index is 542. The van der Waals surface area contributed by atoms with Gasteiger partial charge in [0.25, 0.3) is 5.91 Å². The van der Waals surface area contributed by atoms with Gasteiger partial charge in [-0.3, -0.25) is 9.69 Å². The van der Waals surface area contributed by atoms with Crippen LogP contribution in [0.4, 0.5) is 0 Å². The first-order chi connectivity index (χ1) is 11.1. The standard InChI is InChI=1S/C18H25BrN2O2/c1-20(18(23)13-7-9-14(19)10-8-13)15-5-4-6-16(22)17(15)21-11-2-3-12-21/h7-10,15-17,22H,2-6,11-12H2,1H3/t15-,16+,17+/m1/s1. The number of amides is 1. The minimum absolute atomic E-state index is 0.0424. The molecule has 3 rings (SSSR count). The summed E-state index contributed by atoms with van der Waals surface area (Å²) in [6.45, 7) is 2.08. The number of halogens is 1. The Morgan fingerprint density at radius 3 is 2.48 bits per heavy atom. The third-order valence-electron chi connectivity index (χ3n) is 5.26. The molecule has 4 nitrogen and oxygen atoms in total. The molecule has 2 fully saturated rings. The lowest BCUT2D eigenvalue weighted by molar-refractivity contribution is -0.0167. The quantitative estimate of drug-likeness (QED) is 0.876. The molecule has 1 aliphatic heterocycles. The van der Waals surface area contributed by atoms with Gasteiger partial charge in [-0.1, -0.05) is 15.9 Å². The fourth-order valence-electron chi connectivity index (χ4n) is 4.03. The SMILES string of the molecule is CN(C(=O)c1ccc(Br)cc1)[C@@H]1CCC[C@H](O)[C@H]1N1CCCC1. The zero-order valence-corrected chi connectivity index (χ0v) is 15.2. The number of nitrogens with zero attached hydrogens (tertiary/aromatic N) is 2. The van der Waals surface area contributed by atoms with Gasteiger partial charge >= 0.3 is 0 Å². The average molecular weight is 381 g/mol. The predicted molar refractivity (Wildman–Crippen MR) is 94.5 cm³/mol. The lowest BCUT2D eigenvalue weighted by atomic mass is 9.85. The van der Waals surface area contributed by atoms with Gasteiger partial charge in [0.05, 0.1) is 12.1 Å². The van der Waals surface area contributed by atoms with Crippen LogP contribution in [0.5, 0.6) is 0 Å². The van der Waals surface area contributed by atoms with Gasteiger partial charge in [-0.05, 0) is 69.5 Å². The van der Waals surface area contributed by atoms with Crippen LogP contribution < -0.4 is 0 Å². The van der Waals surface area contributed by atoms with Crippen LogP contribution in [0.25, 0.3) is 0 Å². The highest BCUT2D eigenvalue weighted by Crippen LogP contribution is 2.30. The van der Waals surface area contributed by atoms with E-state index < -0.39 is 0 Å². The number of hydrogen-bond acceptors (Lipinski definition) is 3. The lowest BCUT2D eigenvalue weighted by Crippen LogP contribution is -2.58. The molecule has 0 unspecified atom stereocenters. The molecular formula is C18H25BrN2O2. The van der Waals surface area contributed by atoms with E-state index in [2.05, 4.69) is 20.8 Å². The number of likely N-dealkylation sites (tertiary alicyclic amines) is 1. The number of carbonyl (C=O) groups is 1. The number of likely N-dealkylation sites (N-methyl/N-ethyl adjacent to an activating group) is 1. The van der Waals surface area contributed by atoms with Crippen molar-refractivity contribution in [1.29, 1.82) is 0 Å². The third-order valence-corrected chi connectivity index (χ3v) is 5.79. The first kappa shape index (κ1) is 16.9. The molecule has 0 bridgehead atoms. The summed E-state index contributed by atoms with van der Waals surface area (Å²) in [5.74, 6) is 0.0424. The number of rotatable bonds is 3. The van der Waals surface area contributed by atoms with Crippen molar-refractivity contribution in [3.63, 3.8) is 0 Å². The van der Waals surface area contributed by atoms with Gasteiger partial charge in [-0.15, -0.1) is 0 Å². The van der Waals surface area contributed by atoms with E-state index in [1.807, 2.05) is 36.2 Å². The summed E-state index contributed by atoms with van der Waals surface area (Å²) in [5, 5.41) is 10.6. The van der Waals surface area contributed by atoms with E-state index in [0.29, 0.717) is 5.56 Å². The molecule has 1 aliphatic carbocycles. The molecule has 0 radical (unpaired) electrons. The van der Waals surface area contributed by atoms with Crippen molar-refractivity contribution in [2.24, 2.45) is 0 Å². The van der Waals surface area contributed by atoms with Gasteiger partial charge < -0.3 is 10.0 Å². The normalized spacial score (nSPS) is 28.7. The Morgan fingerprint density at radius 2 is 1.83 bits per heavy atom. The van der Waals surface area contributed by atoms with E-state index in [0.717, 1.165) is 36.8 Å². The van der Waals surface area contributed by atoms with Gasteiger partial charge in [0, 0.05) is 23.1 Å². The molecular weight excluding hydrogens is 356 g/mol. The monoisotopic (exact) mass is 380 g/mol. The highest BCUT2D eigenvalue weighted by molar-refractivity contribution is 9.10. The summed E-state index contributed by atoms with van der Waals surface area (Å²) >= 11 is 3.41. The molecule has 1 saturated heterocycles. The van der Waals surface area contributed by atoms with E-state index in [1.165, 1.54) is 12.8 Å². The molecule has 0 spiro atoms. The van der Waals surface area contributed by atoms with E-state index >= 15 is 0 Å². The molecule has 1 amide bonds. The average Bonchev–Trinajstić information content (AvgIpc) is 3.08. The highest BCUT2D eigenvalue weighted by Gasteiger charge is 2.40. The smallest absolute Gasteiger partial charge is 0.253 e. The van der Waals surface area contributed by atoms with Crippen LogP contribution in [-0.2, 0) is 0 Å². The Kier molecular flexibility index (Phi) is 5.39. The summed E-state index contributed by atoms with van der Waals surface area (Å²) in [4.78, 5) is 17.1. The first-order valence-electron chi connectivity index (χ1n) is 8.53. The Morgan fingerprint density at radius 1 is 1.17 bits per heavy atom. The predicted octanol–water partition coefficient (Wildman–Crippen LogP) is 2.90. The van der Waals surface area contributed by atoms with Crippen molar-refractivity contribution in [1.82, 2.24) is 9.80 Å². The number of hydrogen-bond donors (Lipinski definition) is 1. The number of aliphatic hydroxyl groups is 1. The Balaban J connectivity index is 1.78. The molecule has 1 aromatic carbocycles. The molecule has 126 valence electrons. The molecule has 1 N–H and O–H groups in total. The van der Waals surface area contributed by atoms with Crippen molar-refractivity contribution in [3.8, 4) is 0 Å². The third kappa shape index (κ3) is 3.62. The van der Waals surface area contributed by atoms with Crippen molar-refractivity contribution >= 4 is 21.8 Å². The molecule has 3 atom stereocenters. The maximum absolute atomic E-state index is 12.8. The van der Waals surface area contributed by atoms with Crippen molar-refractivity contribution < 1.29 is 9.90 Å². The molecule has 23 heavy (non-hydrogen) atoms. The van der Waals surface area contributed by atoms with Crippen LogP contribution in [0.1, 0.15) is 42.5 Å². The summed E-state index contributed by atoms with van der Waals surface area (Å²) in [5.41, 5.74) is 0.705. The number of benzene rings is 1. The second kappa shape index (κ2) is 7.32. The van der Waals surface area contributed by atoms with Crippen molar-refractivity contribution in [2.45, 2.75) is 50.3 Å². The first-order valence-corrected chi connectivity index (χ1v) is 9.32. The van der Waals surface area contributed by atoms with Crippen molar-refractivity contribution in [3.05, 3.63) is 34.3 Å². The van der Waals surface area contributed by atoms with Crippen LogP contribution in [0.3, 0.4) is 0 Å². The van der Waals surface area contributed by atoms with Crippen LogP contribution >= 0.6 is 15.9 Å². The van der Waals surface area contributed by atoms with E-state index in [-0.39, 0.29) is 24.1 Å². The van der Waals surface area contributed by atoms with Gasteiger partial charge in [0.1, 0.15) is 0 Å². The topological polar surface area (TPSA) is 43.8 Å². The molecule has 5 heteroatoms. The van der Waals surface area contributed by atoms with Crippen LogP contribution in [-0.4, -0.2) is 59.1 Å². The lowest BCUT2D eigenvalue weighted by Gasteiger charge is -2.45. The molecule has 1 saturated carbocycles.